The molecule has 0 amide bonds. The van der Waals surface area contributed by atoms with Gasteiger partial charge in [0.1, 0.15) is 0 Å². The van der Waals surface area contributed by atoms with E-state index >= 15 is 0 Å². The Balaban J connectivity index is 1.19. The minimum Gasteiger partial charge on any atom is -0.486 e. The lowest BCUT2D eigenvalue weighted by molar-refractivity contribution is -0.132. The predicted octanol–water partition coefficient (Wildman–Crippen LogP) is 21.1. The number of nitrogens with zero attached hydrogens (tertiary/aromatic N) is 2. The number of aliphatic carboxylic acids is 1. The van der Waals surface area contributed by atoms with E-state index in [1.54, 1.807) is 0 Å². The summed E-state index contributed by atoms with van der Waals surface area (Å²) in [6.45, 7) is 21.4. The zero-order valence-corrected chi connectivity index (χ0v) is 46.9. The van der Waals surface area contributed by atoms with Crippen molar-refractivity contribution < 1.29 is 9.90 Å². The number of carboxylic acid groups (broad SMARTS) is 1. The van der Waals surface area contributed by atoms with Gasteiger partial charge in [0.05, 0.1) is 6.57 Å². The molecule has 10 rings (SSSR count). The van der Waals surface area contributed by atoms with Crippen LogP contribution in [0, 0.1) is 6.57 Å². The Morgan fingerprint density at radius 3 is 1.12 bits per heavy atom. The van der Waals surface area contributed by atoms with Gasteiger partial charge in [-0.2, -0.15) is 0 Å². The van der Waals surface area contributed by atoms with Crippen LogP contribution in [0.1, 0.15) is 196 Å². The zero-order chi connectivity index (χ0) is 53.7. The van der Waals surface area contributed by atoms with Crippen molar-refractivity contribution in [3.05, 3.63) is 202 Å². The summed E-state index contributed by atoms with van der Waals surface area (Å²) in [5.74, 6) is -1.21. The maximum Gasteiger partial charge on any atom is 0.333 e. The monoisotopic (exact) mass is 1020 g/mol. The van der Waals surface area contributed by atoms with Crippen LogP contribution in [-0.4, -0.2) is 11.1 Å². The molecule has 0 fully saturated rings. The van der Waals surface area contributed by atoms with E-state index in [-0.39, 0.29) is 21.9 Å². The largest absolute Gasteiger partial charge is 0.486 e. The molecule has 4 nitrogen and oxygen atoms in total. The van der Waals surface area contributed by atoms with Gasteiger partial charge in [-0.25, -0.2) is 4.85 Å². The van der Waals surface area contributed by atoms with Crippen molar-refractivity contribution in [1.29, 1.82) is 0 Å². The topological polar surface area (TPSA) is 44.9 Å². The van der Waals surface area contributed by atoms with E-state index in [1.807, 2.05) is 12.1 Å². The number of hydrogen-bond acceptors (Lipinski definition) is 2. The highest BCUT2D eigenvalue weighted by molar-refractivity contribution is 5.95. The maximum atomic E-state index is 11.7. The number of rotatable bonds is 24. The Bertz CT molecular complexity index is 3200. The SMILES string of the molecule is [C-]#[N+]/C(=C\c1ccc(-c2ccc3c(c2)C(CCCC)(CCCC)c2cc(N(c4ccc5c(c4)C(CCCC)(CCCC)c4ccccc4-5)c4ccc5c(c4)C(CCCC)(CCCC)c4ccccc4-5)ccc2-3)cc1)C(=O)O. The average molecular weight is 1020 g/mol. The van der Waals surface area contributed by atoms with Gasteiger partial charge >= 0.3 is 5.97 Å². The van der Waals surface area contributed by atoms with E-state index in [4.69, 9.17) is 6.57 Å². The first-order chi connectivity index (χ1) is 37.6. The molecule has 7 aromatic carbocycles. The van der Waals surface area contributed by atoms with E-state index in [9.17, 15) is 9.90 Å². The summed E-state index contributed by atoms with van der Waals surface area (Å²) in [6, 6.07) is 56.4. The van der Waals surface area contributed by atoms with Gasteiger partial charge in [-0.3, -0.25) is 4.79 Å². The number of unbranched alkanes of at least 4 members (excludes halogenated alkanes) is 6. The minimum absolute atomic E-state index is 0.0440. The van der Waals surface area contributed by atoms with Gasteiger partial charge in [0.25, 0.3) is 5.70 Å². The van der Waals surface area contributed by atoms with Crippen molar-refractivity contribution in [1.82, 2.24) is 0 Å². The van der Waals surface area contributed by atoms with Crippen molar-refractivity contribution in [2.24, 2.45) is 0 Å². The molecule has 0 saturated heterocycles. The summed E-state index contributed by atoms with van der Waals surface area (Å²) in [6.07, 6.45) is 22.1. The van der Waals surface area contributed by atoms with Crippen LogP contribution in [0.2, 0.25) is 0 Å². The Morgan fingerprint density at radius 2 is 0.753 bits per heavy atom. The predicted molar refractivity (Wildman–Crippen MR) is 325 cm³/mol. The highest BCUT2D eigenvalue weighted by Crippen LogP contribution is 2.60. The lowest BCUT2D eigenvalue weighted by Crippen LogP contribution is -2.27. The van der Waals surface area contributed by atoms with Gasteiger partial charge in [-0.1, -0.05) is 222 Å². The Labute approximate surface area is 461 Å². The van der Waals surface area contributed by atoms with Crippen LogP contribution in [0.5, 0.6) is 0 Å². The molecular weight excluding hydrogens is 937 g/mol. The van der Waals surface area contributed by atoms with Gasteiger partial charge in [-0.15, -0.1) is 0 Å². The molecule has 0 aliphatic heterocycles. The number of hydrogen-bond donors (Lipinski definition) is 1. The number of fused-ring (bicyclic) bond motifs is 9. The molecule has 4 heteroatoms. The Kier molecular flexibility index (Phi) is 15.9. The molecular formula is C73H80N2O2. The number of carbonyl (C=O) groups is 1. The summed E-state index contributed by atoms with van der Waals surface area (Å²) < 4.78 is 0. The first-order valence-electron chi connectivity index (χ1n) is 29.7. The lowest BCUT2D eigenvalue weighted by atomic mass is 9.70. The molecule has 0 bridgehead atoms. The van der Waals surface area contributed by atoms with E-state index in [0.717, 1.165) is 75.3 Å². The van der Waals surface area contributed by atoms with Crippen LogP contribution in [-0.2, 0) is 21.0 Å². The average Bonchev–Trinajstić information content (AvgIpc) is 4.19. The van der Waals surface area contributed by atoms with E-state index in [1.165, 1.54) is 141 Å². The summed E-state index contributed by atoms with van der Waals surface area (Å²) in [5.41, 5.74) is 23.2. The molecule has 0 radical (unpaired) electrons. The zero-order valence-electron chi connectivity index (χ0n) is 46.9. The summed E-state index contributed by atoms with van der Waals surface area (Å²) in [5, 5.41) is 9.55. The van der Waals surface area contributed by atoms with Crippen molar-refractivity contribution in [2.45, 2.75) is 173 Å². The van der Waals surface area contributed by atoms with Crippen LogP contribution >= 0.6 is 0 Å². The third kappa shape index (κ3) is 9.47. The summed E-state index contributed by atoms with van der Waals surface area (Å²) in [7, 11) is 0. The van der Waals surface area contributed by atoms with Crippen molar-refractivity contribution >= 4 is 29.1 Å². The standard InChI is InChI=1S/C73H80N2O2/c1-8-14-40-71(41-15-9-2)63-26-22-20-24-57(63)60-37-33-54(48-66(60)71)75(55-34-38-61-58-25-21-23-27-64(58)72(42-16-10-3,43-17-11-4)67(61)49-55)56-35-39-62-59-36-32-53(52-30-28-51(29-31-52)46-69(74-7)70(76)77)47-65(59)73(44-18-12-5,45-19-13-6)68(62)50-56/h20-39,46-50H,8-19,40-45H2,1-6H3,(H,76,77)/b69-46-. The Morgan fingerprint density at radius 1 is 0.429 bits per heavy atom. The van der Waals surface area contributed by atoms with Crippen molar-refractivity contribution in [3.8, 4) is 44.5 Å². The van der Waals surface area contributed by atoms with E-state index in [2.05, 4.69) is 185 Å². The van der Waals surface area contributed by atoms with E-state index < -0.39 is 5.97 Å². The molecule has 0 atom stereocenters. The molecule has 7 aromatic rings. The van der Waals surface area contributed by atoms with Crippen LogP contribution in [0.15, 0.2) is 151 Å². The van der Waals surface area contributed by atoms with Gasteiger partial charge in [0.2, 0.25) is 0 Å². The first kappa shape index (κ1) is 53.4. The molecule has 0 saturated carbocycles. The van der Waals surface area contributed by atoms with E-state index in [0.29, 0.717) is 5.56 Å². The number of carboxylic acids is 1. The second kappa shape index (κ2) is 22.9. The van der Waals surface area contributed by atoms with Gasteiger partial charge < -0.3 is 10.0 Å². The molecule has 0 aromatic heterocycles. The lowest BCUT2D eigenvalue weighted by Gasteiger charge is -2.36. The third-order valence-corrected chi connectivity index (χ3v) is 18.3. The van der Waals surface area contributed by atoms with Gasteiger partial charge in [0, 0.05) is 33.3 Å². The molecule has 0 heterocycles. The summed E-state index contributed by atoms with van der Waals surface area (Å²) >= 11 is 0. The van der Waals surface area contributed by atoms with Gasteiger partial charge in [0.15, 0.2) is 0 Å². The van der Waals surface area contributed by atoms with Crippen LogP contribution in [0.4, 0.5) is 17.1 Å². The third-order valence-electron chi connectivity index (χ3n) is 18.3. The molecule has 394 valence electrons. The maximum absolute atomic E-state index is 11.7. The normalized spacial score (nSPS) is 14.7. The Hall–Kier alpha value is -6.96. The number of anilines is 3. The smallest absolute Gasteiger partial charge is 0.333 e. The highest BCUT2D eigenvalue weighted by Gasteiger charge is 2.46. The second-order valence-corrected chi connectivity index (χ2v) is 22.8. The van der Waals surface area contributed by atoms with Crippen LogP contribution in [0.25, 0.3) is 55.4 Å². The van der Waals surface area contributed by atoms with Gasteiger partial charge in [-0.05, 0) is 171 Å². The fourth-order valence-electron chi connectivity index (χ4n) is 14.3. The highest BCUT2D eigenvalue weighted by atomic mass is 16.4. The van der Waals surface area contributed by atoms with Crippen LogP contribution < -0.4 is 4.90 Å². The fourth-order valence-corrected chi connectivity index (χ4v) is 14.3. The fraction of sp³-hybridized carbons (Fsp3) is 0.370. The molecule has 3 aliphatic carbocycles. The molecule has 0 spiro atoms. The first-order valence-corrected chi connectivity index (χ1v) is 29.7. The molecule has 1 N–H and O–H groups in total. The minimum atomic E-state index is -1.21. The van der Waals surface area contributed by atoms with Crippen molar-refractivity contribution in [2.75, 3.05) is 4.90 Å². The van der Waals surface area contributed by atoms with Crippen LogP contribution in [0.3, 0.4) is 0 Å². The molecule has 3 aliphatic rings. The second-order valence-electron chi connectivity index (χ2n) is 22.8. The number of benzene rings is 7. The summed E-state index contributed by atoms with van der Waals surface area (Å²) in [4.78, 5) is 17.6. The van der Waals surface area contributed by atoms with Crippen molar-refractivity contribution in [3.63, 3.8) is 0 Å². The quantitative estimate of drug-likeness (QED) is 0.0485. The molecule has 77 heavy (non-hydrogen) atoms. The molecule has 0 unspecified atom stereocenters.